The fourth-order valence-corrected chi connectivity index (χ4v) is 6.81. The van der Waals surface area contributed by atoms with Crippen LogP contribution in [0.4, 0.5) is 5.13 Å². The number of sulfonamides is 1. The molecule has 0 radical (unpaired) electrons. The zero-order valence-corrected chi connectivity index (χ0v) is 19.1. The summed E-state index contributed by atoms with van der Waals surface area (Å²) in [6.45, 7) is 0.491. The first kappa shape index (κ1) is 22.0. The van der Waals surface area contributed by atoms with Crippen molar-refractivity contribution in [1.82, 2.24) is 13.9 Å². The molecule has 0 bridgehead atoms. The zero-order chi connectivity index (χ0) is 22.2. The fourth-order valence-electron chi connectivity index (χ4n) is 4.22. The van der Waals surface area contributed by atoms with Gasteiger partial charge in [0.15, 0.2) is 5.13 Å². The monoisotopic (exact) mass is 465 g/mol. The van der Waals surface area contributed by atoms with Gasteiger partial charge in [0.05, 0.1) is 5.69 Å². The number of nitrogens with one attached hydrogen (secondary N) is 1. The molecule has 3 heterocycles. The second-order valence-corrected chi connectivity index (χ2v) is 11.2. The number of anilines is 1. The van der Waals surface area contributed by atoms with Gasteiger partial charge in [0, 0.05) is 37.1 Å². The van der Waals surface area contributed by atoms with E-state index < -0.39 is 15.9 Å². The average Bonchev–Trinajstić information content (AvgIpc) is 3.25. The van der Waals surface area contributed by atoms with Gasteiger partial charge >= 0.3 is 0 Å². The van der Waals surface area contributed by atoms with Crippen molar-refractivity contribution < 1.29 is 18.0 Å². The summed E-state index contributed by atoms with van der Waals surface area (Å²) in [5.74, 6) is -1.04. The third kappa shape index (κ3) is 4.53. The number of rotatable bonds is 5. The molecule has 2 aliphatic rings. The quantitative estimate of drug-likeness (QED) is 0.652. The molecule has 0 atom stereocenters. The number of nitrogens with zero attached hydrogens (tertiary/aromatic N) is 3. The molecule has 2 amide bonds. The molecule has 2 aromatic rings. The third-order valence-corrected chi connectivity index (χ3v) is 8.96. The molecule has 11 heteroatoms. The highest BCUT2D eigenvalue weighted by atomic mass is 32.2. The van der Waals surface area contributed by atoms with Crippen molar-refractivity contribution in [3.63, 3.8) is 0 Å². The Morgan fingerprint density at radius 1 is 1.19 bits per heavy atom. The van der Waals surface area contributed by atoms with Crippen molar-refractivity contribution in [2.75, 3.05) is 18.4 Å². The molecule has 3 N–H and O–H groups in total. The number of nitrogens with two attached hydrogens (primary N) is 1. The van der Waals surface area contributed by atoms with E-state index >= 15 is 0 Å². The number of carbonyl (C=O) groups is 2. The molecule has 0 aromatic carbocycles. The Morgan fingerprint density at radius 3 is 2.58 bits per heavy atom. The maximum Gasteiger partial charge on any atom is 0.265 e. The molecule has 0 unspecified atom stereocenters. The van der Waals surface area contributed by atoms with Gasteiger partial charge in [-0.1, -0.05) is 6.42 Å². The second kappa shape index (κ2) is 8.71. The molecule has 2 aromatic heterocycles. The predicted molar refractivity (Wildman–Crippen MR) is 117 cm³/mol. The maximum atomic E-state index is 12.9. The lowest BCUT2D eigenvalue weighted by atomic mass is 9.97. The van der Waals surface area contributed by atoms with E-state index in [9.17, 15) is 18.0 Å². The van der Waals surface area contributed by atoms with E-state index in [2.05, 4.69) is 10.3 Å². The lowest BCUT2D eigenvalue weighted by Crippen LogP contribution is -2.41. The van der Waals surface area contributed by atoms with E-state index in [0.717, 1.165) is 31.4 Å². The van der Waals surface area contributed by atoms with Gasteiger partial charge in [-0.3, -0.25) is 9.59 Å². The maximum absolute atomic E-state index is 12.9. The summed E-state index contributed by atoms with van der Waals surface area (Å²) in [5.41, 5.74) is 6.53. The van der Waals surface area contributed by atoms with E-state index in [4.69, 9.17) is 5.73 Å². The Labute approximate surface area is 185 Å². The van der Waals surface area contributed by atoms with Crippen molar-refractivity contribution in [2.24, 2.45) is 18.7 Å². The lowest BCUT2D eigenvalue weighted by molar-refractivity contribution is -0.120. The molecule has 168 valence electrons. The van der Waals surface area contributed by atoms with Gasteiger partial charge in [0.1, 0.15) is 10.6 Å². The highest BCUT2D eigenvalue weighted by Crippen LogP contribution is 2.30. The Hall–Kier alpha value is -2.24. The summed E-state index contributed by atoms with van der Waals surface area (Å²) in [6.07, 6.45) is 7.78. The number of thiazole rings is 1. The molecule has 0 spiro atoms. The van der Waals surface area contributed by atoms with Crippen LogP contribution in [0.2, 0.25) is 0 Å². The van der Waals surface area contributed by atoms with Crippen LogP contribution in [0.3, 0.4) is 0 Å². The smallest absolute Gasteiger partial charge is 0.265 e. The topological polar surface area (TPSA) is 127 Å². The van der Waals surface area contributed by atoms with Crippen LogP contribution >= 0.6 is 11.3 Å². The largest absolute Gasteiger partial charge is 0.364 e. The van der Waals surface area contributed by atoms with E-state index in [-0.39, 0.29) is 35.5 Å². The van der Waals surface area contributed by atoms with Crippen LogP contribution in [0.25, 0.3) is 0 Å². The highest BCUT2D eigenvalue weighted by molar-refractivity contribution is 7.89. The van der Waals surface area contributed by atoms with Crippen molar-refractivity contribution in [2.45, 2.75) is 49.8 Å². The SMILES string of the molecule is Cn1cc(S(=O)(=O)N2CCC(C(=O)Nc3nc4c(s3)CCCCC4)CC2)cc1C(N)=O. The van der Waals surface area contributed by atoms with E-state index in [0.29, 0.717) is 18.0 Å². The van der Waals surface area contributed by atoms with Gasteiger partial charge in [-0.05, 0) is 44.6 Å². The molecule has 9 nitrogen and oxygen atoms in total. The normalized spacial score (nSPS) is 18.4. The van der Waals surface area contributed by atoms with Gasteiger partial charge in [0.25, 0.3) is 5.91 Å². The number of piperidine rings is 1. The Kier molecular flexibility index (Phi) is 6.18. The Morgan fingerprint density at radius 2 is 1.90 bits per heavy atom. The third-order valence-electron chi connectivity index (χ3n) is 6.02. The minimum absolute atomic E-state index is 0.0380. The van der Waals surface area contributed by atoms with Gasteiger partial charge in [-0.25, -0.2) is 13.4 Å². The zero-order valence-electron chi connectivity index (χ0n) is 17.5. The van der Waals surface area contributed by atoms with Crippen LogP contribution in [0.15, 0.2) is 17.2 Å². The molecular weight excluding hydrogens is 438 g/mol. The molecular formula is C20H27N5O4S2. The Balaban J connectivity index is 1.37. The van der Waals surface area contributed by atoms with Gasteiger partial charge in [-0.15, -0.1) is 11.3 Å². The first-order valence-electron chi connectivity index (χ1n) is 10.5. The second-order valence-electron chi connectivity index (χ2n) is 8.15. The summed E-state index contributed by atoms with van der Waals surface area (Å²) in [4.78, 5) is 30.1. The number of amides is 2. The van der Waals surface area contributed by atoms with Crippen LogP contribution in [0.5, 0.6) is 0 Å². The number of fused-ring (bicyclic) bond motifs is 1. The molecule has 0 saturated carbocycles. The molecule has 1 fully saturated rings. The van der Waals surface area contributed by atoms with Crippen molar-refractivity contribution in [3.05, 3.63) is 28.5 Å². The standard InChI is InChI=1S/C20H27N5O4S2/c1-24-12-14(11-16(24)18(21)26)31(28,29)25-9-7-13(8-10-25)19(27)23-20-22-15-5-3-2-4-6-17(15)30-20/h11-13H,2-10H2,1H3,(H2,21,26)(H,22,23,27). The minimum Gasteiger partial charge on any atom is -0.364 e. The van der Waals surface area contributed by atoms with Crippen molar-refractivity contribution in [3.8, 4) is 0 Å². The lowest BCUT2D eigenvalue weighted by Gasteiger charge is -2.30. The van der Waals surface area contributed by atoms with E-state index in [1.54, 1.807) is 18.4 Å². The van der Waals surface area contributed by atoms with E-state index in [1.807, 2.05) is 0 Å². The number of primary amides is 1. The molecule has 31 heavy (non-hydrogen) atoms. The van der Waals surface area contributed by atoms with Crippen LogP contribution in [0.1, 0.15) is 53.2 Å². The predicted octanol–water partition coefficient (Wildman–Crippen LogP) is 1.89. The highest BCUT2D eigenvalue weighted by Gasteiger charge is 2.33. The summed E-state index contributed by atoms with van der Waals surface area (Å²) < 4.78 is 28.6. The first-order chi connectivity index (χ1) is 14.8. The molecule has 4 rings (SSSR count). The fraction of sp³-hybridized carbons (Fsp3) is 0.550. The summed E-state index contributed by atoms with van der Waals surface area (Å²) in [7, 11) is -2.17. The number of aryl methyl sites for hydroxylation is 3. The molecule has 1 aliphatic carbocycles. The van der Waals surface area contributed by atoms with Crippen molar-refractivity contribution >= 4 is 38.3 Å². The summed E-state index contributed by atoms with van der Waals surface area (Å²) in [5, 5.41) is 3.59. The number of hydrogen-bond donors (Lipinski definition) is 2. The summed E-state index contributed by atoms with van der Waals surface area (Å²) >= 11 is 1.56. The van der Waals surface area contributed by atoms with Gasteiger partial charge in [0.2, 0.25) is 15.9 Å². The van der Waals surface area contributed by atoms with Gasteiger partial charge < -0.3 is 15.6 Å². The van der Waals surface area contributed by atoms with Crippen LogP contribution < -0.4 is 11.1 Å². The van der Waals surface area contributed by atoms with Crippen LogP contribution in [-0.4, -0.2) is 47.2 Å². The van der Waals surface area contributed by atoms with Crippen LogP contribution in [0, 0.1) is 5.92 Å². The number of aromatic nitrogens is 2. The number of carbonyl (C=O) groups excluding carboxylic acids is 2. The molecule has 1 aliphatic heterocycles. The molecule has 1 saturated heterocycles. The van der Waals surface area contributed by atoms with E-state index in [1.165, 1.54) is 32.4 Å². The number of hydrogen-bond acceptors (Lipinski definition) is 6. The average molecular weight is 466 g/mol. The first-order valence-corrected chi connectivity index (χ1v) is 12.8. The van der Waals surface area contributed by atoms with Gasteiger partial charge in [-0.2, -0.15) is 4.31 Å². The van der Waals surface area contributed by atoms with Crippen LogP contribution in [-0.2, 0) is 34.7 Å². The summed E-state index contributed by atoms with van der Waals surface area (Å²) in [6, 6.07) is 1.29. The van der Waals surface area contributed by atoms with Crippen molar-refractivity contribution in [1.29, 1.82) is 0 Å². The minimum atomic E-state index is -3.75. The Bertz CT molecular complexity index is 1070.